The first-order valence-electron chi connectivity index (χ1n) is 4.74. The fourth-order valence-corrected chi connectivity index (χ4v) is 0.851. The van der Waals surface area contributed by atoms with Crippen molar-refractivity contribution in [3.8, 4) is 5.75 Å². The third kappa shape index (κ3) is 7.64. The maximum absolute atomic E-state index is 7.12. The summed E-state index contributed by atoms with van der Waals surface area (Å²) in [4.78, 5) is 0. The van der Waals surface area contributed by atoms with Crippen molar-refractivity contribution in [3.63, 3.8) is 0 Å². The van der Waals surface area contributed by atoms with Crippen LogP contribution in [0.15, 0.2) is 30.3 Å². The molecule has 3 nitrogen and oxygen atoms in total. The van der Waals surface area contributed by atoms with Crippen molar-refractivity contribution in [3.05, 3.63) is 30.3 Å². The molecular weight excluding hydrogens is 179 g/mol. The highest BCUT2D eigenvalue weighted by molar-refractivity contribution is 6.13. The van der Waals surface area contributed by atoms with Crippen LogP contribution in [0.5, 0.6) is 5.75 Å². The zero-order chi connectivity index (χ0) is 10.6. The SMILES string of the molecule is CCCCOc1ccccc1.OBO. The summed E-state index contributed by atoms with van der Waals surface area (Å²) in [6, 6.07) is 9.93. The highest BCUT2D eigenvalue weighted by atomic mass is 16.5. The van der Waals surface area contributed by atoms with Gasteiger partial charge in [-0.2, -0.15) is 0 Å². The molecular formula is C10H17BO3. The number of hydrogen-bond donors (Lipinski definition) is 2. The fraction of sp³-hybridized carbons (Fsp3) is 0.400. The molecule has 0 aromatic heterocycles. The van der Waals surface area contributed by atoms with Crippen molar-refractivity contribution in [1.82, 2.24) is 0 Å². The Kier molecular flexibility index (Phi) is 9.37. The third-order valence-electron chi connectivity index (χ3n) is 1.51. The molecule has 78 valence electrons. The second kappa shape index (κ2) is 10.1. The molecule has 0 aliphatic carbocycles. The quantitative estimate of drug-likeness (QED) is 0.560. The Labute approximate surface area is 85.7 Å². The molecule has 2 N–H and O–H groups in total. The van der Waals surface area contributed by atoms with Crippen LogP contribution in [-0.2, 0) is 0 Å². The normalized spacial score (nSPS) is 8.50. The maximum atomic E-state index is 7.12. The van der Waals surface area contributed by atoms with E-state index in [1.807, 2.05) is 30.3 Å². The van der Waals surface area contributed by atoms with Gasteiger partial charge in [0.1, 0.15) is 5.75 Å². The molecule has 0 spiro atoms. The number of para-hydroxylation sites is 1. The Balaban J connectivity index is 0.000000500. The summed E-state index contributed by atoms with van der Waals surface area (Å²) in [7, 11) is -0.750. The Morgan fingerprint density at radius 1 is 1.21 bits per heavy atom. The molecule has 0 saturated heterocycles. The second-order valence-electron chi connectivity index (χ2n) is 2.66. The Morgan fingerprint density at radius 3 is 2.29 bits per heavy atom. The molecule has 1 rings (SSSR count). The van der Waals surface area contributed by atoms with Gasteiger partial charge in [-0.15, -0.1) is 0 Å². The number of unbranched alkanes of at least 4 members (excludes halogenated alkanes) is 1. The van der Waals surface area contributed by atoms with Crippen molar-refractivity contribution in [2.45, 2.75) is 19.8 Å². The predicted octanol–water partition coefficient (Wildman–Crippen LogP) is 1.10. The molecule has 0 saturated carbocycles. The molecule has 1 aromatic carbocycles. The summed E-state index contributed by atoms with van der Waals surface area (Å²) in [5.41, 5.74) is 0. The van der Waals surface area contributed by atoms with Gasteiger partial charge in [0.2, 0.25) is 0 Å². The van der Waals surface area contributed by atoms with Gasteiger partial charge in [0.25, 0.3) is 0 Å². The summed E-state index contributed by atoms with van der Waals surface area (Å²) < 4.78 is 5.45. The van der Waals surface area contributed by atoms with E-state index in [9.17, 15) is 0 Å². The minimum atomic E-state index is -0.750. The van der Waals surface area contributed by atoms with Crippen LogP contribution < -0.4 is 4.74 Å². The van der Waals surface area contributed by atoms with Crippen molar-refractivity contribution in [2.75, 3.05) is 6.61 Å². The first-order valence-corrected chi connectivity index (χ1v) is 4.74. The highest BCUT2D eigenvalue weighted by Gasteiger charge is 1.88. The van der Waals surface area contributed by atoms with Gasteiger partial charge in [0, 0.05) is 0 Å². The molecule has 0 atom stereocenters. The van der Waals surface area contributed by atoms with Gasteiger partial charge in [-0.1, -0.05) is 31.5 Å². The van der Waals surface area contributed by atoms with Crippen LogP contribution in [-0.4, -0.2) is 24.3 Å². The summed E-state index contributed by atoms with van der Waals surface area (Å²) >= 11 is 0. The number of rotatable bonds is 4. The van der Waals surface area contributed by atoms with E-state index in [1.54, 1.807) is 0 Å². The van der Waals surface area contributed by atoms with E-state index in [0.717, 1.165) is 18.8 Å². The largest absolute Gasteiger partial charge is 0.494 e. The lowest BCUT2D eigenvalue weighted by Crippen LogP contribution is -1.95. The molecule has 0 bridgehead atoms. The zero-order valence-corrected chi connectivity index (χ0v) is 8.52. The highest BCUT2D eigenvalue weighted by Crippen LogP contribution is 2.08. The Hall–Kier alpha value is -0.995. The van der Waals surface area contributed by atoms with Gasteiger partial charge >= 0.3 is 7.69 Å². The van der Waals surface area contributed by atoms with E-state index in [-0.39, 0.29) is 0 Å². The lowest BCUT2D eigenvalue weighted by molar-refractivity contribution is 0.309. The topological polar surface area (TPSA) is 49.7 Å². The molecule has 1 aromatic rings. The van der Waals surface area contributed by atoms with E-state index in [0.29, 0.717) is 0 Å². The Bertz CT molecular complexity index is 204. The molecule has 0 heterocycles. The molecule has 0 aliphatic rings. The van der Waals surface area contributed by atoms with Crippen molar-refractivity contribution in [1.29, 1.82) is 0 Å². The van der Waals surface area contributed by atoms with Crippen LogP contribution in [0.3, 0.4) is 0 Å². The average Bonchev–Trinajstić information content (AvgIpc) is 2.21. The lowest BCUT2D eigenvalue weighted by atomic mass is 10.3. The lowest BCUT2D eigenvalue weighted by Gasteiger charge is -2.03. The smallest absolute Gasteiger partial charge is 0.432 e. The van der Waals surface area contributed by atoms with Gasteiger partial charge in [0.05, 0.1) is 6.61 Å². The van der Waals surface area contributed by atoms with Crippen LogP contribution in [0.2, 0.25) is 0 Å². The summed E-state index contributed by atoms with van der Waals surface area (Å²) in [6.07, 6.45) is 2.32. The van der Waals surface area contributed by atoms with Gasteiger partial charge < -0.3 is 14.8 Å². The van der Waals surface area contributed by atoms with E-state index in [4.69, 9.17) is 14.8 Å². The first-order chi connectivity index (χ1) is 6.85. The van der Waals surface area contributed by atoms with E-state index >= 15 is 0 Å². The molecule has 0 aliphatic heterocycles. The fourth-order valence-electron chi connectivity index (χ4n) is 0.851. The van der Waals surface area contributed by atoms with E-state index < -0.39 is 7.69 Å². The van der Waals surface area contributed by atoms with Crippen molar-refractivity contribution in [2.24, 2.45) is 0 Å². The average molecular weight is 196 g/mol. The van der Waals surface area contributed by atoms with E-state index in [1.165, 1.54) is 6.42 Å². The zero-order valence-electron chi connectivity index (χ0n) is 8.52. The monoisotopic (exact) mass is 196 g/mol. The number of ether oxygens (including phenoxy) is 1. The van der Waals surface area contributed by atoms with Crippen LogP contribution in [0.1, 0.15) is 19.8 Å². The molecule has 4 heteroatoms. The second-order valence-corrected chi connectivity index (χ2v) is 2.66. The molecule has 0 unspecified atom stereocenters. The maximum Gasteiger partial charge on any atom is 0.432 e. The number of benzene rings is 1. The summed E-state index contributed by atoms with van der Waals surface area (Å²) in [5, 5.41) is 14.2. The van der Waals surface area contributed by atoms with Crippen LogP contribution >= 0.6 is 0 Å². The number of hydrogen-bond acceptors (Lipinski definition) is 3. The molecule has 0 radical (unpaired) electrons. The summed E-state index contributed by atoms with van der Waals surface area (Å²) in [6.45, 7) is 2.99. The van der Waals surface area contributed by atoms with Crippen LogP contribution in [0, 0.1) is 0 Å². The minimum Gasteiger partial charge on any atom is -0.494 e. The predicted molar refractivity (Wildman–Crippen MR) is 58.4 cm³/mol. The van der Waals surface area contributed by atoms with Gasteiger partial charge in [-0.3, -0.25) is 0 Å². The minimum absolute atomic E-state index is 0.750. The van der Waals surface area contributed by atoms with Gasteiger partial charge in [-0.05, 0) is 18.6 Å². The molecule has 0 fully saturated rings. The van der Waals surface area contributed by atoms with Gasteiger partial charge in [-0.25, -0.2) is 0 Å². The third-order valence-corrected chi connectivity index (χ3v) is 1.51. The standard InChI is InChI=1S/C10H14O.BH3O2/c1-2-3-9-11-10-7-5-4-6-8-10;2-1-3/h4-8H,2-3,9H2,1H3;1-3H. The van der Waals surface area contributed by atoms with Crippen molar-refractivity contribution < 1.29 is 14.8 Å². The van der Waals surface area contributed by atoms with Gasteiger partial charge in [0.15, 0.2) is 0 Å². The summed E-state index contributed by atoms with van der Waals surface area (Å²) in [5.74, 6) is 0.973. The van der Waals surface area contributed by atoms with E-state index in [2.05, 4.69) is 6.92 Å². The molecule has 0 amide bonds. The van der Waals surface area contributed by atoms with Crippen molar-refractivity contribution >= 4 is 7.69 Å². The molecule has 14 heavy (non-hydrogen) atoms. The first kappa shape index (κ1) is 13.0. The van der Waals surface area contributed by atoms with Crippen LogP contribution in [0.4, 0.5) is 0 Å². The van der Waals surface area contributed by atoms with Crippen LogP contribution in [0.25, 0.3) is 0 Å². The Morgan fingerprint density at radius 2 is 1.79 bits per heavy atom.